The molecule has 2 aromatic heterocycles. The van der Waals surface area contributed by atoms with Crippen LogP contribution in [0.3, 0.4) is 0 Å². The number of benzene rings is 2. The van der Waals surface area contributed by atoms with E-state index in [1.807, 2.05) is 0 Å². The molecule has 1 amide bonds. The Kier molecular flexibility index (Phi) is 5.60. The number of ketones is 1. The van der Waals surface area contributed by atoms with E-state index in [4.69, 9.17) is 11.6 Å². The molecule has 0 aliphatic heterocycles. The van der Waals surface area contributed by atoms with Crippen molar-refractivity contribution >= 4 is 39.9 Å². The summed E-state index contributed by atoms with van der Waals surface area (Å²) >= 11 is 5.86. The van der Waals surface area contributed by atoms with E-state index in [9.17, 15) is 18.8 Å². The van der Waals surface area contributed by atoms with E-state index in [1.165, 1.54) is 47.4 Å². The molecule has 2 aromatic carbocycles. The van der Waals surface area contributed by atoms with Crippen molar-refractivity contribution in [1.82, 2.24) is 9.55 Å². The van der Waals surface area contributed by atoms with Crippen LogP contribution in [0.15, 0.2) is 78.0 Å². The maximum Gasteiger partial charge on any atom is 0.244 e. The normalized spacial score (nSPS) is 10.8. The zero-order valence-corrected chi connectivity index (χ0v) is 16.8. The highest BCUT2D eigenvalue weighted by atomic mass is 35.5. The van der Waals surface area contributed by atoms with Crippen LogP contribution in [-0.2, 0) is 11.3 Å². The molecule has 4 rings (SSSR count). The molecule has 1 N–H and O–H groups in total. The highest BCUT2D eigenvalue weighted by Gasteiger charge is 2.18. The average Bonchev–Trinajstić information content (AvgIpc) is 2.77. The number of amides is 1. The number of anilines is 1. The molecular weight excluding hydrogens is 421 g/mol. The fourth-order valence-corrected chi connectivity index (χ4v) is 3.34. The molecule has 0 saturated heterocycles. The molecule has 2 heterocycles. The number of hydrogen-bond acceptors (Lipinski definition) is 4. The Morgan fingerprint density at radius 3 is 2.45 bits per heavy atom. The molecule has 4 aromatic rings. The number of nitrogens with zero attached hydrogens (tertiary/aromatic N) is 2. The zero-order valence-electron chi connectivity index (χ0n) is 16.0. The second kappa shape index (κ2) is 8.49. The summed E-state index contributed by atoms with van der Waals surface area (Å²) in [7, 11) is 0. The molecule has 154 valence electrons. The predicted octanol–water partition coefficient (Wildman–Crippen LogP) is 4.06. The summed E-state index contributed by atoms with van der Waals surface area (Å²) in [5.74, 6) is -1.54. The summed E-state index contributed by atoms with van der Waals surface area (Å²) in [6.07, 6.45) is 4.20. The third kappa shape index (κ3) is 4.36. The molecule has 0 fully saturated rings. The molecule has 0 radical (unpaired) electrons. The standard InChI is InChI=1S/C23H15ClFN3O3/c24-15-1-4-17(5-2-15)27-21(29)13-28-12-19(22(30)14-7-9-26-10-8-14)23(31)18-11-16(25)3-6-20(18)28/h1-12H,13H2,(H,27,29). The summed E-state index contributed by atoms with van der Waals surface area (Å²) < 4.78 is 15.3. The van der Waals surface area contributed by atoms with Gasteiger partial charge in [0.05, 0.1) is 11.1 Å². The zero-order chi connectivity index (χ0) is 22.0. The van der Waals surface area contributed by atoms with Crippen molar-refractivity contribution in [2.24, 2.45) is 0 Å². The van der Waals surface area contributed by atoms with E-state index in [-0.39, 0.29) is 29.0 Å². The number of carbonyl (C=O) groups excluding carboxylic acids is 2. The molecule has 0 saturated carbocycles. The minimum atomic E-state index is -0.615. The molecule has 0 atom stereocenters. The molecule has 0 spiro atoms. The molecule has 6 nitrogen and oxygen atoms in total. The summed E-state index contributed by atoms with van der Waals surface area (Å²) in [5, 5.41) is 3.27. The van der Waals surface area contributed by atoms with Gasteiger partial charge in [-0.05, 0) is 54.6 Å². The van der Waals surface area contributed by atoms with E-state index in [0.29, 0.717) is 16.2 Å². The number of hydrogen-bond donors (Lipinski definition) is 1. The van der Waals surface area contributed by atoms with Crippen molar-refractivity contribution in [2.75, 3.05) is 5.32 Å². The molecule has 0 aliphatic rings. The number of carbonyl (C=O) groups is 2. The van der Waals surface area contributed by atoms with Crippen molar-refractivity contribution in [3.63, 3.8) is 0 Å². The van der Waals surface area contributed by atoms with Crippen LogP contribution in [0.1, 0.15) is 15.9 Å². The van der Waals surface area contributed by atoms with Crippen molar-refractivity contribution in [3.8, 4) is 0 Å². The van der Waals surface area contributed by atoms with E-state index in [2.05, 4.69) is 10.3 Å². The SMILES string of the molecule is O=C(Cn1cc(C(=O)c2ccncc2)c(=O)c2cc(F)ccc21)Nc1ccc(Cl)cc1. The fraction of sp³-hybridized carbons (Fsp3) is 0.0435. The monoisotopic (exact) mass is 435 g/mol. The minimum absolute atomic E-state index is 0.0131. The first-order valence-electron chi connectivity index (χ1n) is 9.25. The lowest BCUT2D eigenvalue weighted by molar-refractivity contribution is -0.116. The number of aromatic nitrogens is 2. The van der Waals surface area contributed by atoms with Crippen LogP contribution in [0.25, 0.3) is 10.9 Å². The van der Waals surface area contributed by atoms with E-state index in [1.54, 1.807) is 24.3 Å². The van der Waals surface area contributed by atoms with Crippen LogP contribution in [0.5, 0.6) is 0 Å². The maximum absolute atomic E-state index is 13.9. The van der Waals surface area contributed by atoms with Gasteiger partial charge in [-0.3, -0.25) is 19.4 Å². The Morgan fingerprint density at radius 2 is 1.74 bits per heavy atom. The number of nitrogens with one attached hydrogen (secondary N) is 1. The van der Waals surface area contributed by atoms with Gasteiger partial charge in [0.1, 0.15) is 12.4 Å². The smallest absolute Gasteiger partial charge is 0.244 e. The predicted molar refractivity (Wildman–Crippen MR) is 116 cm³/mol. The van der Waals surface area contributed by atoms with Gasteiger partial charge in [-0.15, -0.1) is 0 Å². The Labute approximate surface area is 180 Å². The number of rotatable bonds is 5. The van der Waals surface area contributed by atoms with Gasteiger partial charge in [0.2, 0.25) is 11.3 Å². The first-order chi connectivity index (χ1) is 14.9. The van der Waals surface area contributed by atoms with Gasteiger partial charge in [0.15, 0.2) is 5.78 Å². The molecule has 8 heteroatoms. The van der Waals surface area contributed by atoms with E-state index in [0.717, 1.165) is 6.07 Å². The first-order valence-corrected chi connectivity index (χ1v) is 9.63. The lowest BCUT2D eigenvalue weighted by Crippen LogP contribution is -2.24. The second-order valence-electron chi connectivity index (χ2n) is 6.78. The van der Waals surface area contributed by atoms with Crippen LogP contribution in [0, 0.1) is 5.82 Å². The van der Waals surface area contributed by atoms with Gasteiger partial charge >= 0.3 is 0 Å². The Balaban J connectivity index is 1.76. The molecule has 0 unspecified atom stereocenters. The summed E-state index contributed by atoms with van der Waals surface area (Å²) in [5.41, 5.74) is 0.372. The fourth-order valence-electron chi connectivity index (χ4n) is 3.21. The van der Waals surface area contributed by atoms with Gasteiger partial charge in [0, 0.05) is 40.3 Å². The van der Waals surface area contributed by atoms with Gasteiger partial charge < -0.3 is 9.88 Å². The summed E-state index contributed by atoms with van der Waals surface area (Å²) in [4.78, 5) is 42.3. The van der Waals surface area contributed by atoms with Crippen LogP contribution in [0.4, 0.5) is 10.1 Å². The van der Waals surface area contributed by atoms with Crippen molar-refractivity contribution in [2.45, 2.75) is 6.54 Å². The third-order valence-corrected chi connectivity index (χ3v) is 4.92. The molecule has 31 heavy (non-hydrogen) atoms. The van der Waals surface area contributed by atoms with Crippen LogP contribution in [-0.4, -0.2) is 21.2 Å². The van der Waals surface area contributed by atoms with Crippen LogP contribution < -0.4 is 10.7 Å². The van der Waals surface area contributed by atoms with Crippen LogP contribution >= 0.6 is 11.6 Å². The lowest BCUT2D eigenvalue weighted by Gasteiger charge is -2.13. The topological polar surface area (TPSA) is 81.1 Å². The van der Waals surface area contributed by atoms with E-state index < -0.39 is 17.0 Å². The highest BCUT2D eigenvalue weighted by Crippen LogP contribution is 2.17. The Hall–Kier alpha value is -3.84. The van der Waals surface area contributed by atoms with Crippen molar-refractivity contribution < 1.29 is 14.0 Å². The van der Waals surface area contributed by atoms with E-state index >= 15 is 0 Å². The highest BCUT2D eigenvalue weighted by molar-refractivity contribution is 6.30. The molecule has 0 bridgehead atoms. The van der Waals surface area contributed by atoms with Crippen LogP contribution in [0.2, 0.25) is 5.02 Å². The van der Waals surface area contributed by atoms with Gasteiger partial charge in [0.25, 0.3) is 0 Å². The summed E-state index contributed by atoms with van der Waals surface area (Å²) in [6, 6.07) is 13.2. The Bertz CT molecular complexity index is 1350. The summed E-state index contributed by atoms with van der Waals surface area (Å²) in [6.45, 7) is -0.193. The van der Waals surface area contributed by atoms with Gasteiger partial charge in [-0.2, -0.15) is 0 Å². The quantitative estimate of drug-likeness (QED) is 0.479. The maximum atomic E-state index is 13.9. The number of pyridine rings is 2. The van der Waals surface area contributed by atoms with Crippen molar-refractivity contribution in [3.05, 3.63) is 105 Å². The molecular formula is C23H15ClFN3O3. The lowest BCUT2D eigenvalue weighted by atomic mass is 10.0. The number of halogens is 2. The second-order valence-corrected chi connectivity index (χ2v) is 7.22. The van der Waals surface area contributed by atoms with Gasteiger partial charge in [-0.1, -0.05) is 11.6 Å². The average molecular weight is 436 g/mol. The third-order valence-electron chi connectivity index (χ3n) is 4.67. The van der Waals surface area contributed by atoms with Crippen molar-refractivity contribution in [1.29, 1.82) is 0 Å². The Morgan fingerprint density at radius 1 is 1.03 bits per heavy atom. The minimum Gasteiger partial charge on any atom is -0.337 e. The first kappa shape index (κ1) is 20.4. The van der Waals surface area contributed by atoms with Gasteiger partial charge in [-0.25, -0.2) is 4.39 Å². The number of fused-ring (bicyclic) bond motifs is 1. The molecule has 0 aliphatic carbocycles. The largest absolute Gasteiger partial charge is 0.337 e.